The monoisotopic (exact) mass is 283 g/mol. The molecule has 1 N–H and O–H groups in total. The van der Waals surface area contributed by atoms with Gasteiger partial charge in [0.15, 0.2) is 0 Å². The van der Waals surface area contributed by atoms with Crippen LogP contribution in [0.15, 0.2) is 29.2 Å². The summed E-state index contributed by atoms with van der Waals surface area (Å²) in [5.41, 5.74) is 0. The van der Waals surface area contributed by atoms with Crippen molar-refractivity contribution in [3.8, 4) is 5.75 Å². The molecule has 0 aliphatic heterocycles. The Morgan fingerprint density at radius 3 is 2.47 bits per heavy atom. The highest BCUT2D eigenvalue weighted by atomic mass is 32.2. The van der Waals surface area contributed by atoms with E-state index in [4.69, 9.17) is 4.74 Å². The predicted octanol–water partition coefficient (Wildman–Crippen LogP) is 2.55. The quantitative estimate of drug-likeness (QED) is 0.903. The second-order valence-electron chi connectivity index (χ2n) is 5.14. The zero-order chi connectivity index (χ0) is 13.9. The van der Waals surface area contributed by atoms with Crippen LogP contribution in [-0.4, -0.2) is 21.1 Å². The number of ether oxygens (including phenoxy) is 1. The van der Waals surface area contributed by atoms with E-state index in [1.165, 1.54) is 0 Å². The summed E-state index contributed by atoms with van der Waals surface area (Å²) in [6.45, 7) is 4.63. The van der Waals surface area contributed by atoms with Crippen LogP contribution in [0, 0.1) is 5.92 Å². The van der Waals surface area contributed by atoms with Gasteiger partial charge in [0.25, 0.3) is 0 Å². The molecule has 1 aliphatic rings. The van der Waals surface area contributed by atoms with Crippen molar-refractivity contribution in [1.29, 1.82) is 0 Å². The highest BCUT2D eigenvalue weighted by molar-refractivity contribution is 7.89. The van der Waals surface area contributed by atoms with E-state index < -0.39 is 10.0 Å². The van der Waals surface area contributed by atoms with E-state index in [2.05, 4.69) is 11.6 Å². The molecule has 1 aromatic carbocycles. The van der Waals surface area contributed by atoms with Crippen molar-refractivity contribution in [2.24, 2.45) is 5.92 Å². The zero-order valence-corrected chi connectivity index (χ0v) is 12.2. The number of rotatable bonds is 5. The van der Waals surface area contributed by atoms with Crippen LogP contribution in [0.4, 0.5) is 0 Å². The lowest BCUT2D eigenvalue weighted by atomic mass is 10.1. The molecule has 0 amide bonds. The van der Waals surface area contributed by atoms with Crippen molar-refractivity contribution < 1.29 is 13.2 Å². The lowest BCUT2D eigenvalue weighted by Gasteiger charge is -2.13. The molecule has 2 unspecified atom stereocenters. The van der Waals surface area contributed by atoms with E-state index in [1.54, 1.807) is 24.3 Å². The molecule has 0 heterocycles. The molecule has 5 heteroatoms. The lowest BCUT2D eigenvalue weighted by molar-refractivity contribution is 0.340. The topological polar surface area (TPSA) is 55.4 Å². The third-order valence-electron chi connectivity index (χ3n) is 3.46. The van der Waals surface area contributed by atoms with Crippen molar-refractivity contribution in [3.05, 3.63) is 24.3 Å². The van der Waals surface area contributed by atoms with E-state index in [-0.39, 0.29) is 6.04 Å². The fraction of sp³-hybridized carbons (Fsp3) is 0.571. The minimum atomic E-state index is -3.40. The molecule has 1 aliphatic carbocycles. The standard InChI is InChI=1S/C14H21NO3S/c1-3-18-13-6-8-14(9-7-13)19(16,17)15-12-5-4-11(2)10-12/h6-9,11-12,15H,3-5,10H2,1-2H3. The average Bonchev–Trinajstić information content (AvgIpc) is 2.75. The van der Waals surface area contributed by atoms with E-state index in [0.717, 1.165) is 19.3 Å². The molecule has 0 aromatic heterocycles. The van der Waals surface area contributed by atoms with Crippen LogP contribution in [0.2, 0.25) is 0 Å². The molecule has 0 spiro atoms. The van der Waals surface area contributed by atoms with Gasteiger partial charge in [0.05, 0.1) is 11.5 Å². The maximum absolute atomic E-state index is 12.2. The summed E-state index contributed by atoms with van der Waals surface area (Å²) in [5.74, 6) is 1.30. The Bertz CT molecular complexity index is 510. The first-order valence-corrected chi connectivity index (χ1v) is 8.25. The second-order valence-corrected chi connectivity index (χ2v) is 6.85. The summed E-state index contributed by atoms with van der Waals surface area (Å²) in [7, 11) is -3.40. The molecular weight excluding hydrogens is 262 g/mol. The third kappa shape index (κ3) is 3.70. The van der Waals surface area contributed by atoms with Gasteiger partial charge < -0.3 is 4.74 Å². The Morgan fingerprint density at radius 1 is 1.26 bits per heavy atom. The van der Waals surface area contributed by atoms with E-state index in [0.29, 0.717) is 23.2 Å². The fourth-order valence-corrected chi connectivity index (χ4v) is 3.77. The maximum atomic E-state index is 12.2. The highest BCUT2D eigenvalue weighted by Gasteiger charge is 2.26. The Hall–Kier alpha value is -1.07. The first kappa shape index (κ1) is 14.3. The average molecular weight is 283 g/mol. The summed E-state index contributed by atoms with van der Waals surface area (Å²) in [5, 5.41) is 0. The molecule has 106 valence electrons. The van der Waals surface area contributed by atoms with Crippen molar-refractivity contribution in [2.45, 2.75) is 44.0 Å². The van der Waals surface area contributed by atoms with Crippen molar-refractivity contribution in [3.63, 3.8) is 0 Å². The van der Waals surface area contributed by atoms with Crippen LogP contribution in [0.3, 0.4) is 0 Å². The first-order valence-electron chi connectivity index (χ1n) is 6.76. The van der Waals surface area contributed by atoms with Crippen molar-refractivity contribution >= 4 is 10.0 Å². The SMILES string of the molecule is CCOc1ccc(S(=O)(=O)NC2CCC(C)C2)cc1. The van der Waals surface area contributed by atoms with Crippen LogP contribution in [0.1, 0.15) is 33.1 Å². The molecule has 4 nitrogen and oxygen atoms in total. The lowest BCUT2D eigenvalue weighted by Crippen LogP contribution is -2.32. The maximum Gasteiger partial charge on any atom is 0.240 e. The van der Waals surface area contributed by atoms with Crippen LogP contribution >= 0.6 is 0 Å². The fourth-order valence-electron chi connectivity index (χ4n) is 2.48. The van der Waals surface area contributed by atoms with Crippen LogP contribution < -0.4 is 9.46 Å². The van der Waals surface area contributed by atoms with Gasteiger partial charge in [0.1, 0.15) is 5.75 Å². The number of nitrogens with one attached hydrogen (secondary N) is 1. The molecule has 0 bridgehead atoms. The van der Waals surface area contributed by atoms with Crippen LogP contribution in [0.5, 0.6) is 5.75 Å². The smallest absolute Gasteiger partial charge is 0.240 e. The van der Waals surface area contributed by atoms with Gasteiger partial charge in [-0.25, -0.2) is 13.1 Å². The van der Waals surface area contributed by atoms with Gasteiger partial charge in [-0.05, 0) is 56.4 Å². The molecule has 19 heavy (non-hydrogen) atoms. The normalized spacial score (nSPS) is 23.5. The molecule has 2 atom stereocenters. The van der Waals surface area contributed by atoms with Crippen molar-refractivity contribution in [2.75, 3.05) is 6.61 Å². The number of hydrogen-bond acceptors (Lipinski definition) is 3. The largest absolute Gasteiger partial charge is 0.494 e. The minimum Gasteiger partial charge on any atom is -0.494 e. The number of benzene rings is 1. The van der Waals surface area contributed by atoms with E-state index >= 15 is 0 Å². The van der Waals surface area contributed by atoms with Gasteiger partial charge in [0, 0.05) is 6.04 Å². The Kier molecular flexibility index (Phi) is 4.47. The van der Waals surface area contributed by atoms with Gasteiger partial charge >= 0.3 is 0 Å². The van der Waals surface area contributed by atoms with Gasteiger partial charge in [-0.1, -0.05) is 6.92 Å². The summed E-state index contributed by atoms with van der Waals surface area (Å²) >= 11 is 0. The van der Waals surface area contributed by atoms with Gasteiger partial charge in [-0.3, -0.25) is 0 Å². The Morgan fingerprint density at radius 2 is 1.95 bits per heavy atom. The van der Waals surface area contributed by atoms with Gasteiger partial charge in [-0.2, -0.15) is 0 Å². The molecule has 1 fully saturated rings. The summed E-state index contributed by atoms with van der Waals surface area (Å²) in [6, 6.07) is 6.63. The molecular formula is C14H21NO3S. The molecule has 1 saturated carbocycles. The van der Waals surface area contributed by atoms with Crippen LogP contribution in [-0.2, 0) is 10.0 Å². The molecule has 0 radical (unpaired) electrons. The summed E-state index contributed by atoms with van der Waals surface area (Å²) in [4.78, 5) is 0.301. The first-order chi connectivity index (χ1) is 9.01. The molecule has 2 rings (SSSR count). The van der Waals surface area contributed by atoms with E-state index in [1.807, 2.05) is 6.92 Å². The second kappa shape index (κ2) is 5.92. The Balaban J connectivity index is 2.06. The van der Waals surface area contributed by atoms with Gasteiger partial charge in [0.2, 0.25) is 10.0 Å². The minimum absolute atomic E-state index is 0.0755. The van der Waals surface area contributed by atoms with Crippen LogP contribution in [0.25, 0.3) is 0 Å². The predicted molar refractivity (Wildman–Crippen MR) is 74.7 cm³/mol. The molecule has 0 saturated heterocycles. The summed E-state index contributed by atoms with van der Waals surface area (Å²) < 4.78 is 32.5. The van der Waals surface area contributed by atoms with Crippen molar-refractivity contribution in [1.82, 2.24) is 4.72 Å². The molecule has 1 aromatic rings. The third-order valence-corrected chi connectivity index (χ3v) is 5.00. The zero-order valence-electron chi connectivity index (χ0n) is 11.4. The summed E-state index contributed by atoms with van der Waals surface area (Å²) in [6.07, 6.45) is 2.95. The number of hydrogen-bond donors (Lipinski definition) is 1. The van der Waals surface area contributed by atoms with Gasteiger partial charge in [-0.15, -0.1) is 0 Å². The Labute approximate surface area is 115 Å². The number of sulfonamides is 1. The highest BCUT2D eigenvalue weighted by Crippen LogP contribution is 2.26. The van der Waals surface area contributed by atoms with E-state index in [9.17, 15) is 8.42 Å².